The van der Waals surface area contributed by atoms with Crippen LogP contribution in [-0.4, -0.2) is 21.8 Å². The first-order valence-corrected chi connectivity index (χ1v) is 9.99. The fraction of sp³-hybridized carbons (Fsp3) is 0. The highest BCUT2D eigenvalue weighted by molar-refractivity contribution is 14.1. The average molecular weight is 746 g/mol. The number of hydrogen-bond donors (Lipinski definition) is 2. The van der Waals surface area contributed by atoms with Gasteiger partial charge >= 0.3 is 0 Å². The van der Waals surface area contributed by atoms with Gasteiger partial charge in [0, 0.05) is 11.1 Å². The van der Waals surface area contributed by atoms with Crippen LogP contribution < -0.4 is 0 Å². The molecule has 0 heterocycles. The highest BCUT2D eigenvalue weighted by Gasteiger charge is 2.22. The van der Waals surface area contributed by atoms with Crippen LogP contribution in [0.1, 0.15) is 20.7 Å². The number of aromatic hydroxyl groups is 2. The molecule has 0 aliphatic carbocycles. The van der Waals surface area contributed by atoms with E-state index in [2.05, 4.69) is 0 Å². The Morgan fingerprint density at radius 2 is 0.864 bits per heavy atom. The Kier molecular flexibility index (Phi) is 6.32. The second-order valence-electron chi connectivity index (χ2n) is 4.24. The molecule has 2 rings (SSSR count). The lowest BCUT2D eigenvalue weighted by molar-refractivity contribution is 0.0816. The van der Waals surface area contributed by atoms with Crippen molar-refractivity contribution in [1.29, 1.82) is 0 Å². The highest BCUT2D eigenvalue weighted by atomic mass is 127. The van der Waals surface area contributed by atoms with E-state index in [0.29, 0.717) is 14.3 Å². The summed E-state index contributed by atoms with van der Waals surface area (Å²) in [6.07, 6.45) is 0. The summed E-state index contributed by atoms with van der Waals surface area (Å²) in [6, 6.07) is 5.92. The van der Waals surface area contributed by atoms with Crippen LogP contribution in [0.25, 0.3) is 0 Å². The largest absolute Gasteiger partial charge is 0.506 e. The first-order valence-electron chi connectivity index (χ1n) is 5.67. The van der Waals surface area contributed by atoms with E-state index in [1.54, 1.807) is 0 Å². The lowest BCUT2D eigenvalue weighted by Crippen LogP contribution is -2.15. The molecule has 2 N–H and O–H groups in total. The molecule has 8 heteroatoms. The quantitative estimate of drug-likeness (QED) is 0.275. The van der Waals surface area contributed by atoms with Gasteiger partial charge in [-0.2, -0.15) is 0 Å². The fourth-order valence-corrected chi connectivity index (χ4v) is 5.19. The predicted molar refractivity (Wildman–Crippen MR) is 116 cm³/mol. The third kappa shape index (κ3) is 3.85. The first kappa shape index (κ1) is 18.6. The van der Waals surface area contributed by atoms with Crippen LogP contribution in [0.5, 0.6) is 11.5 Å². The third-order valence-corrected chi connectivity index (χ3v) is 6.05. The Labute approximate surface area is 180 Å². The topological polar surface area (TPSA) is 74.6 Å². The van der Waals surface area contributed by atoms with Crippen LogP contribution in [0.3, 0.4) is 0 Å². The number of Topliss-reactive ketones (excluding diaryl/α,β-unsaturated/α-hetero) is 2. The normalized spacial score (nSPS) is 10.5. The summed E-state index contributed by atoms with van der Waals surface area (Å²) in [6.45, 7) is 0. The van der Waals surface area contributed by atoms with E-state index in [4.69, 9.17) is 0 Å². The van der Waals surface area contributed by atoms with Crippen LogP contribution in [0.2, 0.25) is 0 Å². The number of carbonyl (C=O) groups is 2. The fourth-order valence-electron chi connectivity index (χ4n) is 1.66. The Morgan fingerprint density at radius 3 is 1.09 bits per heavy atom. The second-order valence-corrected chi connectivity index (χ2v) is 8.88. The maximum atomic E-state index is 12.4. The first-order chi connectivity index (χ1) is 10.2. The summed E-state index contributed by atoms with van der Waals surface area (Å²) in [5.74, 6) is -1.10. The monoisotopic (exact) mass is 746 g/mol. The molecule has 0 aliphatic rings. The molecule has 4 nitrogen and oxygen atoms in total. The number of rotatable bonds is 3. The van der Waals surface area contributed by atoms with Crippen LogP contribution in [-0.2, 0) is 0 Å². The molecule has 0 fully saturated rings. The zero-order valence-corrected chi connectivity index (χ0v) is 19.2. The van der Waals surface area contributed by atoms with Crippen molar-refractivity contribution in [3.8, 4) is 11.5 Å². The molecule has 0 bridgehead atoms. The highest BCUT2D eigenvalue weighted by Crippen LogP contribution is 2.30. The van der Waals surface area contributed by atoms with Crippen LogP contribution in [0.4, 0.5) is 0 Å². The summed E-state index contributed by atoms with van der Waals surface area (Å²) in [4.78, 5) is 24.7. The molecule has 0 radical (unpaired) electrons. The number of ketones is 2. The number of carbonyl (C=O) groups excluding carboxylic acids is 2. The zero-order chi connectivity index (χ0) is 16.6. The molecule has 0 aliphatic heterocycles. The van der Waals surface area contributed by atoms with Gasteiger partial charge in [-0.25, -0.2) is 0 Å². The SMILES string of the molecule is O=C(C(=O)c1cc(I)c(O)c(I)c1)c1cc(I)c(O)c(I)c1. The van der Waals surface area contributed by atoms with Gasteiger partial charge in [0.15, 0.2) is 0 Å². The van der Waals surface area contributed by atoms with Gasteiger partial charge < -0.3 is 10.2 Å². The molecule has 114 valence electrons. The van der Waals surface area contributed by atoms with Crippen LogP contribution in [0.15, 0.2) is 24.3 Å². The zero-order valence-electron chi connectivity index (χ0n) is 10.5. The van der Waals surface area contributed by atoms with E-state index >= 15 is 0 Å². The van der Waals surface area contributed by atoms with Gasteiger partial charge in [0.05, 0.1) is 14.3 Å². The number of phenolic OH excluding ortho intramolecular Hbond substituents is 2. The molecule has 22 heavy (non-hydrogen) atoms. The van der Waals surface area contributed by atoms with Gasteiger partial charge in [0.1, 0.15) is 11.5 Å². The lowest BCUT2D eigenvalue weighted by atomic mass is 10.0. The molecule has 0 amide bonds. The van der Waals surface area contributed by atoms with Crippen LogP contribution >= 0.6 is 90.4 Å². The van der Waals surface area contributed by atoms with Crippen molar-refractivity contribution < 1.29 is 19.8 Å². The van der Waals surface area contributed by atoms with E-state index in [-0.39, 0.29) is 22.6 Å². The maximum Gasteiger partial charge on any atom is 0.233 e. The summed E-state index contributed by atoms with van der Waals surface area (Å²) >= 11 is 7.63. The van der Waals surface area contributed by atoms with E-state index in [1.807, 2.05) is 90.4 Å². The Balaban J connectivity index is 2.44. The van der Waals surface area contributed by atoms with Crippen LogP contribution in [0, 0.1) is 14.3 Å². The van der Waals surface area contributed by atoms with Crippen molar-refractivity contribution >= 4 is 102 Å². The minimum atomic E-state index is -0.645. The second kappa shape index (κ2) is 7.46. The minimum absolute atomic E-state index is 0.0962. The Morgan fingerprint density at radius 1 is 0.636 bits per heavy atom. The van der Waals surface area contributed by atoms with Crippen molar-refractivity contribution in [2.24, 2.45) is 0 Å². The number of halogens is 4. The Hall–Kier alpha value is 0.300. The van der Waals surface area contributed by atoms with Gasteiger partial charge in [-0.3, -0.25) is 9.59 Å². The standard InChI is InChI=1S/C14H6I4O4/c15-7-1-5(2-8(16)13(7)21)11(19)12(20)6-3-9(17)14(22)10(18)4-6/h1-4,21-22H. The van der Waals surface area contributed by atoms with E-state index in [9.17, 15) is 19.8 Å². The smallest absolute Gasteiger partial charge is 0.233 e. The number of hydrogen-bond acceptors (Lipinski definition) is 4. The minimum Gasteiger partial charge on any atom is -0.506 e. The average Bonchev–Trinajstić information content (AvgIpc) is 2.47. The molecular weight excluding hydrogens is 740 g/mol. The number of benzene rings is 2. The van der Waals surface area contributed by atoms with Gasteiger partial charge in [0.25, 0.3) is 0 Å². The molecule has 0 saturated carbocycles. The molecule has 0 atom stereocenters. The van der Waals surface area contributed by atoms with Gasteiger partial charge in [-0.15, -0.1) is 0 Å². The molecule has 0 aromatic heterocycles. The summed E-state index contributed by atoms with van der Waals surface area (Å²) in [5, 5.41) is 19.5. The molecule has 0 spiro atoms. The molecule has 0 unspecified atom stereocenters. The van der Waals surface area contributed by atoms with Crippen molar-refractivity contribution in [2.45, 2.75) is 0 Å². The molecule has 2 aromatic carbocycles. The molecular formula is C14H6I4O4. The van der Waals surface area contributed by atoms with Crippen molar-refractivity contribution in [1.82, 2.24) is 0 Å². The van der Waals surface area contributed by atoms with Crippen molar-refractivity contribution in [3.05, 3.63) is 49.7 Å². The third-order valence-electron chi connectivity index (χ3n) is 2.76. The van der Waals surface area contributed by atoms with Crippen molar-refractivity contribution in [2.75, 3.05) is 0 Å². The van der Waals surface area contributed by atoms with Gasteiger partial charge in [-0.1, -0.05) is 0 Å². The summed E-state index contributed by atoms with van der Waals surface area (Å²) in [5.41, 5.74) is 0.462. The number of phenols is 2. The summed E-state index contributed by atoms with van der Waals surface area (Å²) in [7, 11) is 0. The van der Waals surface area contributed by atoms with Gasteiger partial charge in [0.2, 0.25) is 11.6 Å². The van der Waals surface area contributed by atoms with E-state index in [0.717, 1.165) is 0 Å². The van der Waals surface area contributed by atoms with Gasteiger partial charge in [-0.05, 0) is 115 Å². The van der Waals surface area contributed by atoms with E-state index < -0.39 is 11.6 Å². The predicted octanol–water partition coefficient (Wildman–Crippen LogP) is 4.58. The summed E-state index contributed by atoms with van der Waals surface area (Å²) < 4.78 is 2.04. The molecule has 0 saturated heterocycles. The lowest BCUT2D eigenvalue weighted by Gasteiger charge is -2.07. The van der Waals surface area contributed by atoms with Crippen molar-refractivity contribution in [3.63, 3.8) is 0 Å². The Bertz CT molecular complexity index is 688. The van der Waals surface area contributed by atoms with E-state index in [1.165, 1.54) is 24.3 Å². The molecule has 2 aromatic rings. The maximum absolute atomic E-state index is 12.4.